The van der Waals surface area contributed by atoms with Crippen LogP contribution in [0.5, 0.6) is 0 Å². The number of carbonyl (C=O) groups excluding carboxylic acids is 1. The van der Waals surface area contributed by atoms with Gasteiger partial charge in [-0.25, -0.2) is 4.99 Å². The molecule has 2 N–H and O–H groups in total. The van der Waals surface area contributed by atoms with Gasteiger partial charge in [-0.2, -0.15) is 0 Å². The lowest BCUT2D eigenvalue weighted by Gasteiger charge is -2.32. The molecule has 7 heteroatoms. The van der Waals surface area contributed by atoms with Gasteiger partial charge in [-0.15, -0.1) is 24.0 Å². The highest BCUT2D eigenvalue weighted by molar-refractivity contribution is 14.0. The van der Waals surface area contributed by atoms with Crippen molar-refractivity contribution in [2.75, 3.05) is 46.8 Å². The van der Waals surface area contributed by atoms with E-state index in [1.54, 1.807) is 19.0 Å². The normalized spacial score (nSPS) is 16.8. The number of nitrogens with one attached hydrogen (secondary N) is 2. The minimum atomic E-state index is 0. The summed E-state index contributed by atoms with van der Waals surface area (Å²) in [5, 5.41) is 6.67. The van der Waals surface area contributed by atoms with Crippen LogP contribution in [0.4, 0.5) is 0 Å². The van der Waals surface area contributed by atoms with Gasteiger partial charge in [-0.3, -0.25) is 4.79 Å². The van der Waals surface area contributed by atoms with E-state index < -0.39 is 0 Å². The molecule has 0 aromatic heterocycles. The van der Waals surface area contributed by atoms with Gasteiger partial charge >= 0.3 is 0 Å². The van der Waals surface area contributed by atoms with Crippen molar-refractivity contribution in [3.05, 3.63) is 0 Å². The Hall–Kier alpha value is -0.570. The molecule has 0 spiro atoms. The maximum absolute atomic E-state index is 11.6. The predicted molar refractivity (Wildman–Crippen MR) is 103 cm³/mol. The lowest BCUT2D eigenvalue weighted by atomic mass is 10.1. The van der Waals surface area contributed by atoms with E-state index in [9.17, 15) is 4.79 Å². The van der Waals surface area contributed by atoms with Crippen molar-refractivity contribution in [1.82, 2.24) is 20.4 Å². The number of rotatable bonds is 6. The summed E-state index contributed by atoms with van der Waals surface area (Å²) in [5.74, 6) is 0.770. The van der Waals surface area contributed by atoms with Gasteiger partial charge in [-0.1, -0.05) is 6.92 Å². The number of halogens is 1. The number of likely N-dealkylation sites (N-methyl/N-ethyl adjacent to an activating group) is 1. The molecule has 1 aliphatic rings. The number of piperidine rings is 1. The van der Waals surface area contributed by atoms with Crippen molar-refractivity contribution in [3.8, 4) is 0 Å². The second-order valence-electron chi connectivity index (χ2n) is 5.74. The molecular formula is C15H32IN5O. The van der Waals surface area contributed by atoms with Crippen LogP contribution in [0.3, 0.4) is 0 Å². The summed E-state index contributed by atoms with van der Waals surface area (Å²) in [5.41, 5.74) is 0. The van der Waals surface area contributed by atoms with Crippen molar-refractivity contribution < 1.29 is 4.79 Å². The van der Waals surface area contributed by atoms with Crippen LogP contribution in [0.2, 0.25) is 0 Å². The largest absolute Gasteiger partial charge is 0.357 e. The lowest BCUT2D eigenvalue weighted by molar-refractivity contribution is -0.127. The Labute approximate surface area is 152 Å². The third-order valence-electron chi connectivity index (χ3n) is 3.68. The van der Waals surface area contributed by atoms with Crippen LogP contribution in [0.15, 0.2) is 4.99 Å². The summed E-state index contributed by atoms with van der Waals surface area (Å²) >= 11 is 0. The highest BCUT2D eigenvalue weighted by Crippen LogP contribution is 2.10. The van der Waals surface area contributed by atoms with E-state index >= 15 is 0 Å². The van der Waals surface area contributed by atoms with Gasteiger partial charge in [0.1, 0.15) is 6.54 Å². The van der Waals surface area contributed by atoms with Crippen LogP contribution in [0.1, 0.15) is 33.1 Å². The topological polar surface area (TPSA) is 60.0 Å². The van der Waals surface area contributed by atoms with Gasteiger partial charge in [-0.05, 0) is 32.7 Å². The molecular weight excluding hydrogens is 393 g/mol. The fraction of sp³-hybridized carbons (Fsp3) is 0.867. The average Bonchev–Trinajstić information content (AvgIpc) is 2.46. The van der Waals surface area contributed by atoms with E-state index in [1.807, 2.05) is 6.92 Å². The van der Waals surface area contributed by atoms with Crippen LogP contribution in [-0.4, -0.2) is 74.5 Å². The number of hydrogen-bond acceptors (Lipinski definition) is 3. The summed E-state index contributed by atoms with van der Waals surface area (Å²) in [7, 11) is 3.50. The minimum Gasteiger partial charge on any atom is -0.357 e. The number of hydrogen-bond donors (Lipinski definition) is 2. The number of amides is 1. The van der Waals surface area contributed by atoms with Crippen LogP contribution in [0, 0.1) is 0 Å². The summed E-state index contributed by atoms with van der Waals surface area (Å²) in [6.45, 7) is 8.73. The van der Waals surface area contributed by atoms with Crippen LogP contribution in [0.25, 0.3) is 0 Å². The lowest BCUT2D eigenvalue weighted by Crippen LogP contribution is -2.49. The number of likely N-dealkylation sites (tertiary alicyclic amines) is 1. The molecule has 1 aliphatic heterocycles. The average molecular weight is 425 g/mol. The Morgan fingerprint density at radius 2 is 1.91 bits per heavy atom. The molecule has 0 aromatic rings. The van der Waals surface area contributed by atoms with Gasteiger partial charge in [0, 0.05) is 39.8 Å². The molecule has 0 saturated carbocycles. The molecule has 130 valence electrons. The van der Waals surface area contributed by atoms with E-state index in [0.717, 1.165) is 38.4 Å². The molecule has 1 fully saturated rings. The third kappa shape index (κ3) is 8.17. The first-order valence-corrected chi connectivity index (χ1v) is 8.04. The summed E-state index contributed by atoms with van der Waals surface area (Å²) in [4.78, 5) is 20.1. The second-order valence-corrected chi connectivity index (χ2v) is 5.74. The van der Waals surface area contributed by atoms with Gasteiger partial charge in [0.25, 0.3) is 0 Å². The third-order valence-corrected chi connectivity index (χ3v) is 3.68. The Morgan fingerprint density at radius 1 is 1.27 bits per heavy atom. The van der Waals surface area contributed by atoms with E-state index in [2.05, 4.69) is 27.4 Å². The SMILES string of the molecule is CCCN1CCC(NC(=NCC(=O)N(C)C)NCC)CC1.I. The molecule has 22 heavy (non-hydrogen) atoms. The fourth-order valence-corrected chi connectivity index (χ4v) is 2.42. The molecule has 0 radical (unpaired) electrons. The highest BCUT2D eigenvalue weighted by Gasteiger charge is 2.19. The van der Waals surface area contributed by atoms with E-state index in [-0.39, 0.29) is 36.4 Å². The first-order chi connectivity index (χ1) is 10.1. The quantitative estimate of drug-likeness (QED) is 0.381. The van der Waals surface area contributed by atoms with E-state index in [1.165, 1.54) is 13.0 Å². The van der Waals surface area contributed by atoms with Gasteiger partial charge in [0.05, 0.1) is 0 Å². The summed E-state index contributed by atoms with van der Waals surface area (Å²) < 4.78 is 0. The number of aliphatic imine (C=N–C) groups is 1. The molecule has 0 unspecified atom stereocenters. The van der Waals surface area contributed by atoms with Crippen LogP contribution < -0.4 is 10.6 Å². The Morgan fingerprint density at radius 3 is 2.41 bits per heavy atom. The zero-order chi connectivity index (χ0) is 15.7. The predicted octanol–water partition coefficient (Wildman–Crippen LogP) is 1.12. The number of guanidine groups is 1. The Balaban J connectivity index is 0.00000441. The van der Waals surface area contributed by atoms with Crippen molar-refractivity contribution in [3.63, 3.8) is 0 Å². The molecule has 0 aromatic carbocycles. The van der Waals surface area contributed by atoms with Crippen molar-refractivity contribution in [2.24, 2.45) is 4.99 Å². The van der Waals surface area contributed by atoms with Crippen molar-refractivity contribution in [1.29, 1.82) is 0 Å². The Kier molecular flexibility index (Phi) is 11.6. The number of nitrogens with zero attached hydrogens (tertiary/aromatic N) is 3. The second kappa shape index (κ2) is 11.9. The summed E-state index contributed by atoms with van der Waals surface area (Å²) in [6, 6.07) is 0.449. The van der Waals surface area contributed by atoms with Gasteiger partial charge < -0.3 is 20.4 Å². The van der Waals surface area contributed by atoms with Gasteiger partial charge in [0.2, 0.25) is 5.91 Å². The maximum Gasteiger partial charge on any atom is 0.243 e. The van der Waals surface area contributed by atoms with E-state index in [0.29, 0.717) is 6.04 Å². The smallest absolute Gasteiger partial charge is 0.243 e. The molecule has 1 rings (SSSR count). The summed E-state index contributed by atoms with van der Waals surface area (Å²) in [6.07, 6.45) is 3.48. The molecule has 0 bridgehead atoms. The fourth-order valence-electron chi connectivity index (χ4n) is 2.42. The first-order valence-electron chi connectivity index (χ1n) is 8.04. The number of carbonyl (C=O) groups is 1. The molecule has 1 saturated heterocycles. The Bertz CT molecular complexity index is 341. The molecule has 0 aliphatic carbocycles. The highest BCUT2D eigenvalue weighted by atomic mass is 127. The van der Waals surface area contributed by atoms with Crippen molar-refractivity contribution in [2.45, 2.75) is 39.2 Å². The standard InChI is InChI=1S/C15H31N5O.HI/c1-5-9-20-10-7-13(8-11-20)18-15(16-6-2)17-12-14(21)19(3)4;/h13H,5-12H2,1-4H3,(H2,16,17,18);1H. The zero-order valence-corrected chi connectivity index (χ0v) is 16.7. The minimum absolute atomic E-state index is 0. The monoisotopic (exact) mass is 425 g/mol. The maximum atomic E-state index is 11.6. The van der Waals surface area contributed by atoms with E-state index in [4.69, 9.17) is 0 Å². The zero-order valence-electron chi connectivity index (χ0n) is 14.4. The van der Waals surface area contributed by atoms with Crippen LogP contribution >= 0.6 is 24.0 Å². The van der Waals surface area contributed by atoms with Crippen molar-refractivity contribution >= 4 is 35.8 Å². The van der Waals surface area contributed by atoms with Gasteiger partial charge in [0.15, 0.2) is 5.96 Å². The van der Waals surface area contributed by atoms with Crippen LogP contribution in [-0.2, 0) is 4.79 Å². The molecule has 1 heterocycles. The first kappa shape index (κ1) is 21.4. The molecule has 6 nitrogen and oxygen atoms in total. The molecule has 0 atom stereocenters. The molecule has 1 amide bonds.